The van der Waals surface area contributed by atoms with Gasteiger partial charge in [-0.3, -0.25) is 0 Å². The second kappa shape index (κ2) is 3.81. The summed E-state index contributed by atoms with van der Waals surface area (Å²) in [5, 5.41) is 13.0. The molecular weight excluding hydrogens is 250 g/mol. The molecule has 0 spiro atoms. The lowest BCUT2D eigenvalue weighted by molar-refractivity contribution is 0.486. The minimum atomic E-state index is 0.451. The van der Waals surface area contributed by atoms with Crippen molar-refractivity contribution < 1.29 is 4.42 Å². The Morgan fingerprint density at radius 2 is 2.17 bits per heavy atom. The maximum absolute atomic E-state index is 5.64. The van der Waals surface area contributed by atoms with E-state index in [0.29, 0.717) is 11.3 Å². The largest absolute Gasteiger partial charge is 0.431 e. The molecule has 1 aromatic carbocycles. The van der Waals surface area contributed by atoms with Crippen LogP contribution >= 0.6 is 11.8 Å². The Morgan fingerprint density at radius 3 is 3.00 bits per heavy atom. The number of oxazole rings is 1. The zero-order chi connectivity index (χ0) is 11.9. The predicted octanol–water partition coefficient (Wildman–Crippen LogP) is 2.30. The van der Waals surface area contributed by atoms with E-state index >= 15 is 0 Å². The van der Waals surface area contributed by atoms with Crippen molar-refractivity contribution in [3.63, 3.8) is 0 Å². The van der Waals surface area contributed by atoms with Crippen molar-refractivity contribution in [1.29, 1.82) is 0 Å². The molecule has 0 amide bonds. The first-order chi connectivity index (χ1) is 8.90. The average Bonchev–Trinajstić information content (AvgIpc) is 2.98. The number of benzene rings is 1. The lowest BCUT2D eigenvalue weighted by Gasteiger charge is -1.97. The average molecular weight is 259 g/mol. The highest BCUT2D eigenvalue weighted by Crippen LogP contribution is 2.38. The highest BCUT2D eigenvalue weighted by molar-refractivity contribution is 7.99. The number of tetrazole rings is 1. The summed E-state index contributed by atoms with van der Waals surface area (Å²) in [5.74, 6) is 0. The Balaban J connectivity index is 1.68. The van der Waals surface area contributed by atoms with Crippen LogP contribution in [0.5, 0.6) is 0 Å². The molecule has 0 bridgehead atoms. The third-order valence-electron chi connectivity index (χ3n) is 2.81. The summed E-state index contributed by atoms with van der Waals surface area (Å²) in [6.07, 6.45) is 2.29. The van der Waals surface area contributed by atoms with Gasteiger partial charge in [0.1, 0.15) is 5.52 Å². The van der Waals surface area contributed by atoms with Gasteiger partial charge in [-0.05, 0) is 35.4 Å². The fraction of sp³-hybridized carbons (Fsp3) is 0.273. The van der Waals surface area contributed by atoms with Crippen LogP contribution in [0.4, 0.5) is 0 Å². The molecule has 4 rings (SSSR count). The third-order valence-corrected chi connectivity index (χ3v) is 3.61. The molecule has 0 atom stereocenters. The summed E-state index contributed by atoms with van der Waals surface area (Å²) in [6, 6.07) is 8.14. The fourth-order valence-corrected chi connectivity index (χ4v) is 2.56. The molecule has 1 saturated carbocycles. The second-order valence-electron chi connectivity index (χ2n) is 4.19. The number of rotatable bonds is 3. The van der Waals surface area contributed by atoms with E-state index in [0.717, 1.165) is 29.1 Å². The van der Waals surface area contributed by atoms with E-state index in [1.807, 2.05) is 28.9 Å². The molecule has 90 valence electrons. The van der Waals surface area contributed by atoms with Crippen molar-refractivity contribution in [2.24, 2.45) is 0 Å². The van der Waals surface area contributed by atoms with Gasteiger partial charge < -0.3 is 4.42 Å². The van der Waals surface area contributed by atoms with E-state index in [1.54, 1.807) is 0 Å². The number of hydrogen-bond acceptors (Lipinski definition) is 6. The molecule has 0 aliphatic heterocycles. The third kappa shape index (κ3) is 1.67. The standard InChI is InChI=1S/C11H9N5OS/c1-2-4-9-8(3-1)12-11(17-9)18-10-13-14-15-16(10)7-5-6-7/h1-4,7H,5-6H2. The maximum Gasteiger partial charge on any atom is 0.264 e. The molecule has 7 heteroatoms. The Bertz CT molecular complexity index is 669. The van der Waals surface area contributed by atoms with Crippen LogP contribution in [0.2, 0.25) is 0 Å². The molecule has 1 aliphatic carbocycles. The van der Waals surface area contributed by atoms with Gasteiger partial charge in [-0.1, -0.05) is 12.1 Å². The highest BCUT2D eigenvalue weighted by Gasteiger charge is 2.28. The monoisotopic (exact) mass is 259 g/mol. The second-order valence-corrected chi connectivity index (χ2v) is 5.11. The Hall–Kier alpha value is -1.89. The van der Waals surface area contributed by atoms with Crippen LogP contribution in [0.15, 0.2) is 39.1 Å². The van der Waals surface area contributed by atoms with Crippen LogP contribution in [0.25, 0.3) is 11.1 Å². The zero-order valence-electron chi connectivity index (χ0n) is 9.35. The fourth-order valence-electron chi connectivity index (χ4n) is 1.77. The number of aromatic nitrogens is 5. The molecule has 0 unspecified atom stereocenters. The van der Waals surface area contributed by atoms with Gasteiger partial charge in [0.2, 0.25) is 5.16 Å². The molecule has 0 radical (unpaired) electrons. The quantitative estimate of drug-likeness (QED) is 0.718. The van der Waals surface area contributed by atoms with E-state index < -0.39 is 0 Å². The van der Waals surface area contributed by atoms with E-state index in [4.69, 9.17) is 4.42 Å². The molecule has 2 aromatic heterocycles. The van der Waals surface area contributed by atoms with Gasteiger partial charge in [-0.25, -0.2) is 9.67 Å². The Kier molecular flexibility index (Phi) is 2.13. The Labute approximate surface area is 106 Å². The van der Waals surface area contributed by atoms with E-state index in [1.165, 1.54) is 11.8 Å². The summed E-state index contributed by atoms with van der Waals surface area (Å²) in [5.41, 5.74) is 1.64. The van der Waals surface area contributed by atoms with Gasteiger partial charge in [-0.15, -0.1) is 5.10 Å². The van der Waals surface area contributed by atoms with Gasteiger partial charge in [0.25, 0.3) is 5.22 Å². The van der Waals surface area contributed by atoms with Gasteiger partial charge in [0, 0.05) is 11.8 Å². The van der Waals surface area contributed by atoms with Crippen molar-refractivity contribution >= 4 is 22.9 Å². The molecule has 0 saturated heterocycles. The molecule has 2 heterocycles. The summed E-state index contributed by atoms with van der Waals surface area (Å²) in [6.45, 7) is 0. The first-order valence-corrected chi connectivity index (χ1v) is 6.53. The van der Waals surface area contributed by atoms with Crippen LogP contribution in [0, 0.1) is 0 Å². The minimum absolute atomic E-state index is 0.451. The number of nitrogens with zero attached hydrogens (tertiary/aromatic N) is 5. The number of hydrogen-bond donors (Lipinski definition) is 0. The van der Waals surface area contributed by atoms with Crippen molar-refractivity contribution in [2.45, 2.75) is 29.3 Å². The smallest absolute Gasteiger partial charge is 0.264 e. The normalized spacial score (nSPS) is 15.3. The van der Waals surface area contributed by atoms with Gasteiger partial charge in [0.15, 0.2) is 5.58 Å². The molecule has 1 fully saturated rings. The molecular formula is C11H9N5OS. The van der Waals surface area contributed by atoms with Crippen LogP contribution in [-0.2, 0) is 0 Å². The van der Waals surface area contributed by atoms with Crippen LogP contribution in [0.1, 0.15) is 18.9 Å². The molecule has 1 aliphatic rings. The lowest BCUT2D eigenvalue weighted by atomic mass is 10.3. The number of para-hydroxylation sites is 2. The van der Waals surface area contributed by atoms with Crippen LogP contribution < -0.4 is 0 Å². The topological polar surface area (TPSA) is 69.6 Å². The van der Waals surface area contributed by atoms with Crippen LogP contribution in [0.3, 0.4) is 0 Å². The first-order valence-electron chi connectivity index (χ1n) is 5.71. The Morgan fingerprint density at radius 1 is 1.28 bits per heavy atom. The van der Waals surface area contributed by atoms with Crippen molar-refractivity contribution in [2.75, 3.05) is 0 Å². The minimum Gasteiger partial charge on any atom is -0.431 e. The van der Waals surface area contributed by atoms with E-state index in [2.05, 4.69) is 20.5 Å². The molecule has 18 heavy (non-hydrogen) atoms. The lowest BCUT2D eigenvalue weighted by Crippen LogP contribution is -1.98. The summed E-state index contributed by atoms with van der Waals surface area (Å²) in [7, 11) is 0. The van der Waals surface area contributed by atoms with Crippen molar-refractivity contribution in [1.82, 2.24) is 25.2 Å². The molecule has 0 N–H and O–H groups in total. The van der Waals surface area contributed by atoms with Crippen molar-refractivity contribution in [3.05, 3.63) is 24.3 Å². The zero-order valence-corrected chi connectivity index (χ0v) is 10.2. The predicted molar refractivity (Wildman–Crippen MR) is 64.2 cm³/mol. The van der Waals surface area contributed by atoms with Gasteiger partial charge in [-0.2, -0.15) is 0 Å². The summed E-state index contributed by atoms with van der Waals surface area (Å²) in [4.78, 5) is 4.40. The van der Waals surface area contributed by atoms with E-state index in [9.17, 15) is 0 Å². The SMILES string of the molecule is c1ccc2oc(Sc3nnnn3C3CC3)nc2c1. The summed E-state index contributed by atoms with van der Waals surface area (Å²) >= 11 is 1.36. The highest BCUT2D eigenvalue weighted by atomic mass is 32.2. The van der Waals surface area contributed by atoms with Crippen LogP contribution in [-0.4, -0.2) is 25.2 Å². The number of fused-ring (bicyclic) bond motifs is 1. The van der Waals surface area contributed by atoms with Crippen molar-refractivity contribution in [3.8, 4) is 0 Å². The van der Waals surface area contributed by atoms with E-state index in [-0.39, 0.29) is 0 Å². The van der Waals surface area contributed by atoms with Gasteiger partial charge in [0.05, 0.1) is 6.04 Å². The van der Waals surface area contributed by atoms with Gasteiger partial charge >= 0.3 is 0 Å². The molecule has 6 nitrogen and oxygen atoms in total. The molecule has 3 aromatic rings. The summed E-state index contributed by atoms with van der Waals surface area (Å²) < 4.78 is 7.49. The maximum atomic E-state index is 5.64. The first kappa shape index (κ1) is 10.1.